The molecule has 2 aliphatic rings. The Hall–Kier alpha value is -5.79. The summed E-state index contributed by atoms with van der Waals surface area (Å²) in [4.78, 5) is 5.28. The van der Waals surface area contributed by atoms with Crippen molar-refractivity contribution in [3.8, 4) is 44.6 Å². The van der Waals surface area contributed by atoms with E-state index in [2.05, 4.69) is 164 Å². The topological polar surface area (TPSA) is 12.9 Å². The smallest absolute Gasteiger partial charge is 0.0787 e. The highest BCUT2D eigenvalue weighted by Crippen LogP contribution is 2.63. The van der Waals surface area contributed by atoms with Gasteiger partial charge in [0.05, 0.1) is 16.6 Å². The summed E-state index contributed by atoms with van der Waals surface area (Å²) in [6.45, 7) is 0. The normalized spacial score (nSPS) is 13.5. The molecule has 0 amide bonds. The van der Waals surface area contributed by atoms with Gasteiger partial charge in [-0.2, -0.15) is 0 Å². The Morgan fingerprint density at radius 2 is 0.867 bits per heavy atom. The molecule has 0 unspecified atom stereocenters. The lowest BCUT2D eigenvalue weighted by Gasteiger charge is -2.30. The SMILES string of the molecule is c1ccc(-c2ccc3ccc4ccccc4c3n2)c(-c2ccc3c(c2)-c2ccccc2C32c3ccccc3-c3ccccc32)c1. The Kier molecular flexibility index (Phi) is 4.99. The molecule has 7 aromatic carbocycles. The summed E-state index contributed by atoms with van der Waals surface area (Å²) in [6, 6.07) is 60.1. The van der Waals surface area contributed by atoms with Crippen molar-refractivity contribution >= 4 is 21.7 Å². The molecule has 0 aliphatic heterocycles. The van der Waals surface area contributed by atoms with Crippen molar-refractivity contribution in [3.63, 3.8) is 0 Å². The van der Waals surface area contributed by atoms with Crippen molar-refractivity contribution in [1.82, 2.24) is 4.98 Å². The van der Waals surface area contributed by atoms with Crippen LogP contribution in [0, 0.1) is 0 Å². The molecule has 0 saturated carbocycles. The average Bonchev–Trinajstić information content (AvgIpc) is 3.58. The Bertz CT molecular complexity index is 2460. The van der Waals surface area contributed by atoms with Gasteiger partial charge in [-0.15, -0.1) is 0 Å². The minimum Gasteiger partial charge on any atom is -0.247 e. The number of nitrogens with zero attached hydrogens (tertiary/aromatic N) is 1. The van der Waals surface area contributed by atoms with Gasteiger partial charge in [0.1, 0.15) is 0 Å². The van der Waals surface area contributed by atoms with Crippen LogP contribution in [-0.2, 0) is 5.41 Å². The number of fused-ring (bicyclic) bond motifs is 13. The van der Waals surface area contributed by atoms with E-state index in [4.69, 9.17) is 4.98 Å². The summed E-state index contributed by atoms with van der Waals surface area (Å²) in [7, 11) is 0. The van der Waals surface area contributed by atoms with Gasteiger partial charge in [0, 0.05) is 16.3 Å². The fourth-order valence-corrected chi connectivity index (χ4v) is 8.23. The third-order valence-corrected chi connectivity index (χ3v) is 10.1. The molecule has 1 aromatic heterocycles. The second kappa shape index (κ2) is 9.11. The Morgan fingerprint density at radius 1 is 0.356 bits per heavy atom. The molecule has 1 heterocycles. The lowest BCUT2D eigenvalue weighted by atomic mass is 9.70. The van der Waals surface area contributed by atoms with E-state index < -0.39 is 0 Å². The number of benzene rings is 7. The van der Waals surface area contributed by atoms with Gasteiger partial charge in [-0.25, -0.2) is 4.98 Å². The van der Waals surface area contributed by atoms with Gasteiger partial charge < -0.3 is 0 Å². The molecule has 0 bridgehead atoms. The third-order valence-electron chi connectivity index (χ3n) is 10.1. The monoisotopic (exact) mass is 569 g/mol. The zero-order valence-corrected chi connectivity index (χ0v) is 24.5. The van der Waals surface area contributed by atoms with Gasteiger partial charge >= 0.3 is 0 Å². The number of hydrogen-bond donors (Lipinski definition) is 0. The largest absolute Gasteiger partial charge is 0.247 e. The molecule has 0 fully saturated rings. The predicted molar refractivity (Wildman–Crippen MR) is 186 cm³/mol. The first-order valence-corrected chi connectivity index (χ1v) is 15.6. The predicted octanol–water partition coefficient (Wildman–Crippen LogP) is 11.1. The molecule has 10 rings (SSSR count). The van der Waals surface area contributed by atoms with Crippen LogP contribution < -0.4 is 0 Å². The summed E-state index contributed by atoms with van der Waals surface area (Å²) < 4.78 is 0. The van der Waals surface area contributed by atoms with E-state index >= 15 is 0 Å². The summed E-state index contributed by atoms with van der Waals surface area (Å²) in [5.41, 5.74) is 16.0. The van der Waals surface area contributed by atoms with Gasteiger partial charge in [0.15, 0.2) is 0 Å². The molecular formula is C44H27N. The van der Waals surface area contributed by atoms with Crippen LogP contribution in [0.2, 0.25) is 0 Å². The Balaban J connectivity index is 1.20. The minimum absolute atomic E-state index is 0.321. The molecule has 0 N–H and O–H groups in total. The van der Waals surface area contributed by atoms with E-state index in [-0.39, 0.29) is 5.41 Å². The molecule has 1 spiro atoms. The van der Waals surface area contributed by atoms with Gasteiger partial charge in [-0.1, -0.05) is 152 Å². The van der Waals surface area contributed by atoms with Crippen molar-refractivity contribution in [1.29, 1.82) is 0 Å². The first-order chi connectivity index (χ1) is 22.3. The highest BCUT2D eigenvalue weighted by Gasteiger charge is 2.51. The van der Waals surface area contributed by atoms with E-state index in [1.807, 2.05) is 0 Å². The average molecular weight is 570 g/mol. The van der Waals surface area contributed by atoms with Crippen LogP contribution in [0.1, 0.15) is 22.3 Å². The van der Waals surface area contributed by atoms with Gasteiger partial charge in [-0.3, -0.25) is 0 Å². The van der Waals surface area contributed by atoms with E-state index in [1.165, 1.54) is 66.4 Å². The van der Waals surface area contributed by atoms with Crippen molar-refractivity contribution in [2.75, 3.05) is 0 Å². The third kappa shape index (κ3) is 3.25. The highest BCUT2D eigenvalue weighted by molar-refractivity contribution is 6.06. The molecule has 0 radical (unpaired) electrons. The van der Waals surface area contributed by atoms with Gasteiger partial charge in [-0.05, 0) is 73.2 Å². The maximum absolute atomic E-state index is 5.28. The van der Waals surface area contributed by atoms with Crippen molar-refractivity contribution in [2.45, 2.75) is 5.41 Å². The zero-order valence-electron chi connectivity index (χ0n) is 24.5. The highest BCUT2D eigenvalue weighted by atomic mass is 14.7. The number of hydrogen-bond acceptors (Lipinski definition) is 1. The van der Waals surface area contributed by atoms with Gasteiger partial charge in [0.25, 0.3) is 0 Å². The van der Waals surface area contributed by atoms with Crippen LogP contribution in [0.5, 0.6) is 0 Å². The second-order valence-corrected chi connectivity index (χ2v) is 12.2. The number of aromatic nitrogens is 1. The molecule has 0 atom stereocenters. The van der Waals surface area contributed by atoms with Crippen LogP contribution in [0.25, 0.3) is 66.3 Å². The van der Waals surface area contributed by atoms with Crippen LogP contribution in [0.4, 0.5) is 0 Å². The first-order valence-electron chi connectivity index (χ1n) is 15.6. The fourth-order valence-electron chi connectivity index (χ4n) is 8.23. The summed E-state index contributed by atoms with van der Waals surface area (Å²) >= 11 is 0. The standard InChI is InChI=1S/C44H27N/c1-2-13-32-28(11-1)21-22-29-24-26-42(45-43(29)32)36-17-4-3-12-31(36)30-23-25-41-37(27-30)35-16-7-10-20-40(35)44(41)38-18-8-5-14-33(38)34-15-6-9-19-39(34)44/h1-27H. The number of pyridine rings is 1. The second-order valence-electron chi connectivity index (χ2n) is 12.2. The Labute approximate surface area is 262 Å². The van der Waals surface area contributed by atoms with Crippen molar-refractivity contribution in [3.05, 3.63) is 186 Å². The van der Waals surface area contributed by atoms with Crippen molar-refractivity contribution in [2.24, 2.45) is 0 Å². The lowest BCUT2D eigenvalue weighted by Crippen LogP contribution is -2.25. The Morgan fingerprint density at radius 3 is 1.58 bits per heavy atom. The summed E-state index contributed by atoms with van der Waals surface area (Å²) in [5, 5.41) is 3.56. The van der Waals surface area contributed by atoms with Crippen LogP contribution >= 0.6 is 0 Å². The first kappa shape index (κ1) is 24.6. The van der Waals surface area contributed by atoms with E-state index in [0.29, 0.717) is 0 Å². The maximum atomic E-state index is 5.28. The molecule has 2 aliphatic carbocycles. The van der Waals surface area contributed by atoms with Crippen LogP contribution in [0.15, 0.2) is 164 Å². The van der Waals surface area contributed by atoms with E-state index in [1.54, 1.807) is 0 Å². The van der Waals surface area contributed by atoms with Crippen LogP contribution in [0.3, 0.4) is 0 Å². The van der Waals surface area contributed by atoms with Crippen LogP contribution in [-0.4, -0.2) is 4.98 Å². The maximum Gasteiger partial charge on any atom is 0.0787 e. The fraction of sp³-hybridized carbons (Fsp3) is 0.0227. The molecular weight excluding hydrogens is 542 g/mol. The van der Waals surface area contributed by atoms with E-state index in [0.717, 1.165) is 22.2 Å². The molecule has 1 nitrogen and oxygen atoms in total. The van der Waals surface area contributed by atoms with Crippen molar-refractivity contribution < 1.29 is 0 Å². The van der Waals surface area contributed by atoms with Gasteiger partial charge in [0.2, 0.25) is 0 Å². The quantitative estimate of drug-likeness (QED) is 0.189. The molecule has 208 valence electrons. The summed E-state index contributed by atoms with van der Waals surface area (Å²) in [5.74, 6) is 0. The number of rotatable bonds is 2. The minimum atomic E-state index is -0.321. The molecule has 0 saturated heterocycles. The molecule has 1 heteroatoms. The summed E-state index contributed by atoms with van der Waals surface area (Å²) in [6.07, 6.45) is 0. The molecule has 8 aromatic rings. The molecule has 45 heavy (non-hydrogen) atoms. The van der Waals surface area contributed by atoms with E-state index in [9.17, 15) is 0 Å². The lowest BCUT2D eigenvalue weighted by molar-refractivity contribution is 0.794. The zero-order chi connectivity index (χ0) is 29.5.